The highest BCUT2D eigenvalue weighted by atomic mass is 35.5. The number of nitrogens with zero attached hydrogens (tertiary/aromatic N) is 2. The van der Waals surface area contributed by atoms with E-state index in [1.165, 1.54) is 0 Å². The second kappa shape index (κ2) is 10.8. The summed E-state index contributed by atoms with van der Waals surface area (Å²) in [5.41, 5.74) is 1.76. The number of hydrogen-bond donors (Lipinski definition) is 2. The van der Waals surface area contributed by atoms with Crippen LogP contribution in [0, 0.1) is 0 Å². The maximum absolute atomic E-state index is 12.4. The van der Waals surface area contributed by atoms with Gasteiger partial charge in [0.25, 0.3) is 5.89 Å². The van der Waals surface area contributed by atoms with Crippen LogP contribution in [0.5, 0.6) is 0 Å². The number of piperidine rings is 1. The summed E-state index contributed by atoms with van der Waals surface area (Å²) in [6.07, 6.45) is 2.72. The minimum absolute atomic E-state index is 0. The van der Waals surface area contributed by atoms with E-state index in [9.17, 15) is 4.79 Å². The van der Waals surface area contributed by atoms with Gasteiger partial charge in [0.1, 0.15) is 12.6 Å². The summed E-state index contributed by atoms with van der Waals surface area (Å²) in [5.74, 6) is 0.968. The lowest BCUT2D eigenvalue weighted by Gasteiger charge is -2.20. The number of rotatable bonds is 6. The Hall–Kier alpha value is -2.90. The maximum atomic E-state index is 12.4. The molecule has 1 unspecified atom stereocenters. The standard InChI is InChI=1S/C22H24N4O3.ClH/c27-22(28-15-16-9-3-1-4-10-16)24-19(17-11-5-2-6-12-17)21-25-20(26-29-21)18-13-7-8-14-23-18;/h1-6,9-12,18-19,23H,7-8,13-15H2,(H,24,27);1H/t18-,19?;/m0./s1. The number of ether oxygens (including phenoxy) is 1. The predicted molar refractivity (Wildman–Crippen MR) is 114 cm³/mol. The largest absolute Gasteiger partial charge is 0.445 e. The average molecular weight is 429 g/mol. The molecule has 1 fully saturated rings. The second-order valence-electron chi connectivity index (χ2n) is 7.04. The van der Waals surface area contributed by atoms with Crippen LogP contribution in [0.4, 0.5) is 4.79 Å². The zero-order valence-electron chi connectivity index (χ0n) is 16.5. The Labute approximate surface area is 181 Å². The van der Waals surface area contributed by atoms with Crippen molar-refractivity contribution >= 4 is 18.5 Å². The number of aromatic nitrogens is 2. The van der Waals surface area contributed by atoms with E-state index in [-0.39, 0.29) is 25.1 Å². The first-order valence-corrected chi connectivity index (χ1v) is 9.88. The van der Waals surface area contributed by atoms with Gasteiger partial charge in [0.05, 0.1) is 6.04 Å². The lowest BCUT2D eigenvalue weighted by Crippen LogP contribution is -2.30. The molecule has 158 valence electrons. The highest BCUT2D eigenvalue weighted by Crippen LogP contribution is 2.25. The third-order valence-electron chi connectivity index (χ3n) is 4.93. The number of carbonyl (C=O) groups is 1. The van der Waals surface area contributed by atoms with E-state index in [1.807, 2.05) is 60.7 Å². The second-order valence-corrected chi connectivity index (χ2v) is 7.04. The van der Waals surface area contributed by atoms with E-state index < -0.39 is 12.1 Å². The summed E-state index contributed by atoms with van der Waals surface area (Å²) >= 11 is 0. The molecule has 1 aromatic heterocycles. The van der Waals surface area contributed by atoms with Gasteiger partial charge in [-0.05, 0) is 30.5 Å². The molecule has 2 atom stereocenters. The molecule has 7 nitrogen and oxygen atoms in total. The molecular formula is C22H25ClN4O3. The Balaban J connectivity index is 0.00000256. The van der Waals surface area contributed by atoms with E-state index in [2.05, 4.69) is 20.8 Å². The first-order chi connectivity index (χ1) is 14.3. The quantitative estimate of drug-likeness (QED) is 0.607. The van der Waals surface area contributed by atoms with Crippen LogP contribution in [-0.2, 0) is 11.3 Å². The number of hydrogen-bond acceptors (Lipinski definition) is 6. The van der Waals surface area contributed by atoms with Gasteiger partial charge in [-0.15, -0.1) is 12.4 Å². The molecule has 4 rings (SSSR count). The molecule has 30 heavy (non-hydrogen) atoms. The SMILES string of the molecule is Cl.O=C(NC(c1ccccc1)c1nc([C@@H]2CCCCN2)no1)OCc1ccccc1. The zero-order valence-corrected chi connectivity index (χ0v) is 17.3. The lowest BCUT2D eigenvalue weighted by atomic mass is 10.0. The van der Waals surface area contributed by atoms with Crippen molar-refractivity contribution < 1.29 is 14.1 Å². The summed E-state index contributed by atoms with van der Waals surface area (Å²) in [5, 5.41) is 10.4. The topological polar surface area (TPSA) is 89.3 Å². The van der Waals surface area contributed by atoms with Crippen LogP contribution >= 0.6 is 12.4 Å². The van der Waals surface area contributed by atoms with Crippen LogP contribution in [0.3, 0.4) is 0 Å². The number of halogens is 1. The van der Waals surface area contributed by atoms with Gasteiger partial charge in [-0.1, -0.05) is 72.2 Å². The van der Waals surface area contributed by atoms with Crippen molar-refractivity contribution in [3.8, 4) is 0 Å². The molecule has 0 bridgehead atoms. The Bertz CT molecular complexity index is 914. The summed E-state index contributed by atoms with van der Waals surface area (Å²) in [6.45, 7) is 1.13. The number of amides is 1. The first-order valence-electron chi connectivity index (χ1n) is 9.88. The summed E-state index contributed by atoms with van der Waals surface area (Å²) in [4.78, 5) is 17.0. The fourth-order valence-electron chi connectivity index (χ4n) is 3.39. The molecule has 0 saturated carbocycles. The number of benzene rings is 2. The van der Waals surface area contributed by atoms with Crippen LogP contribution in [0.25, 0.3) is 0 Å². The van der Waals surface area contributed by atoms with Crippen molar-refractivity contribution in [3.05, 3.63) is 83.5 Å². The van der Waals surface area contributed by atoms with Gasteiger partial charge in [0, 0.05) is 0 Å². The molecule has 8 heteroatoms. The fourth-order valence-corrected chi connectivity index (χ4v) is 3.39. The van der Waals surface area contributed by atoms with Gasteiger partial charge in [-0.3, -0.25) is 0 Å². The molecule has 1 saturated heterocycles. The van der Waals surface area contributed by atoms with Crippen LogP contribution < -0.4 is 10.6 Å². The number of carbonyl (C=O) groups excluding carboxylic acids is 1. The van der Waals surface area contributed by atoms with Crippen molar-refractivity contribution in [2.75, 3.05) is 6.54 Å². The Morgan fingerprint density at radius 1 is 1.13 bits per heavy atom. The molecule has 0 aliphatic carbocycles. The molecule has 1 aliphatic heterocycles. The van der Waals surface area contributed by atoms with Gasteiger partial charge in [0.2, 0.25) is 0 Å². The molecule has 1 amide bonds. The van der Waals surface area contributed by atoms with Crippen LogP contribution in [0.15, 0.2) is 65.2 Å². The van der Waals surface area contributed by atoms with Crippen molar-refractivity contribution in [1.29, 1.82) is 0 Å². The van der Waals surface area contributed by atoms with E-state index in [1.54, 1.807) is 0 Å². The Morgan fingerprint density at radius 3 is 2.57 bits per heavy atom. The lowest BCUT2D eigenvalue weighted by molar-refractivity contribution is 0.135. The van der Waals surface area contributed by atoms with E-state index >= 15 is 0 Å². The maximum Gasteiger partial charge on any atom is 0.408 e. The molecule has 2 aromatic carbocycles. The van der Waals surface area contributed by atoms with Gasteiger partial charge < -0.3 is 19.9 Å². The predicted octanol–water partition coefficient (Wildman–Crippen LogP) is 4.32. The molecule has 0 spiro atoms. The number of alkyl carbamates (subject to hydrolysis) is 1. The normalized spacial score (nSPS) is 16.9. The Morgan fingerprint density at radius 2 is 1.87 bits per heavy atom. The van der Waals surface area contributed by atoms with Gasteiger partial charge >= 0.3 is 6.09 Å². The smallest absolute Gasteiger partial charge is 0.408 e. The highest BCUT2D eigenvalue weighted by Gasteiger charge is 2.27. The monoisotopic (exact) mass is 428 g/mol. The van der Waals surface area contributed by atoms with Crippen molar-refractivity contribution in [3.63, 3.8) is 0 Å². The van der Waals surface area contributed by atoms with Crippen LogP contribution in [0.1, 0.15) is 54.2 Å². The molecule has 1 aliphatic rings. The number of nitrogens with one attached hydrogen (secondary N) is 2. The van der Waals surface area contributed by atoms with Gasteiger partial charge in [0.15, 0.2) is 5.82 Å². The first kappa shape index (κ1) is 21.8. The van der Waals surface area contributed by atoms with E-state index in [0.29, 0.717) is 11.7 Å². The van der Waals surface area contributed by atoms with Crippen LogP contribution in [-0.4, -0.2) is 22.8 Å². The summed E-state index contributed by atoms with van der Waals surface area (Å²) in [6, 6.07) is 18.6. The highest BCUT2D eigenvalue weighted by molar-refractivity contribution is 5.85. The van der Waals surface area contributed by atoms with E-state index in [4.69, 9.17) is 9.26 Å². The zero-order chi connectivity index (χ0) is 19.9. The summed E-state index contributed by atoms with van der Waals surface area (Å²) < 4.78 is 10.9. The van der Waals surface area contributed by atoms with Gasteiger partial charge in [-0.25, -0.2) is 4.79 Å². The third kappa shape index (κ3) is 5.58. The molecular weight excluding hydrogens is 404 g/mol. The van der Waals surface area contributed by atoms with Crippen LogP contribution in [0.2, 0.25) is 0 Å². The molecule has 2 heterocycles. The molecule has 3 aromatic rings. The molecule has 2 N–H and O–H groups in total. The average Bonchev–Trinajstić information content (AvgIpc) is 3.28. The van der Waals surface area contributed by atoms with Crippen molar-refractivity contribution in [2.24, 2.45) is 0 Å². The van der Waals surface area contributed by atoms with Gasteiger partial charge in [-0.2, -0.15) is 4.98 Å². The minimum atomic E-state index is -0.579. The van der Waals surface area contributed by atoms with Crippen molar-refractivity contribution in [2.45, 2.75) is 38.0 Å². The summed E-state index contributed by atoms with van der Waals surface area (Å²) in [7, 11) is 0. The Kier molecular flexibility index (Phi) is 7.82. The minimum Gasteiger partial charge on any atom is -0.445 e. The van der Waals surface area contributed by atoms with Crippen molar-refractivity contribution in [1.82, 2.24) is 20.8 Å². The van der Waals surface area contributed by atoms with E-state index in [0.717, 1.165) is 36.9 Å². The fraction of sp³-hybridized carbons (Fsp3) is 0.318. The molecule has 0 radical (unpaired) electrons. The third-order valence-corrected chi connectivity index (χ3v) is 4.93.